The molecule has 0 amide bonds. The summed E-state index contributed by atoms with van der Waals surface area (Å²) in [7, 11) is 0. The lowest BCUT2D eigenvalue weighted by Gasteiger charge is -2.25. The SMILES string of the molecule is CCCCCC(C)(C)CNCc1ccc([N+](=O)[O-])cc1Cl. The molecule has 0 radical (unpaired) electrons. The van der Waals surface area contributed by atoms with Crippen molar-refractivity contribution in [3.8, 4) is 0 Å². The number of benzene rings is 1. The standard InChI is InChI=1S/C16H25ClN2O2/c1-4-5-6-9-16(2,3)12-18-11-13-7-8-14(19(20)21)10-15(13)17/h7-8,10,18H,4-6,9,11-12H2,1-3H3. The Hall–Kier alpha value is -1.13. The van der Waals surface area contributed by atoms with Gasteiger partial charge in [0.1, 0.15) is 0 Å². The fourth-order valence-electron chi connectivity index (χ4n) is 2.27. The molecule has 1 aromatic rings. The summed E-state index contributed by atoms with van der Waals surface area (Å²) in [5.74, 6) is 0. The van der Waals surface area contributed by atoms with Crippen molar-refractivity contribution >= 4 is 17.3 Å². The number of unbranched alkanes of at least 4 members (excludes halogenated alkanes) is 2. The quantitative estimate of drug-likeness (QED) is 0.399. The van der Waals surface area contributed by atoms with Gasteiger partial charge in [-0.15, -0.1) is 0 Å². The van der Waals surface area contributed by atoms with Gasteiger partial charge in [0, 0.05) is 25.2 Å². The first kappa shape index (κ1) is 17.9. The number of nitrogens with one attached hydrogen (secondary N) is 1. The fourth-order valence-corrected chi connectivity index (χ4v) is 2.51. The van der Waals surface area contributed by atoms with Crippen molar-refractivity contribution in [1.82, 2.24) is 5.32 Å². The second-order valence-electron chi connectivity index (χ2n) is 6.26. The molecule has 0 heterocycles. The lowest BCUT2D eigenvalue weighted by atomic mass is 9.87. The third-order valence-corrected chi connectivity index (χ3v) is 3.98. The molecule has 0 aliphatic heterocycles. The second-order valence-corrected chi connectivity index (χ2v) is 6.66. The van der Waals surface area contributed by atoms with Crippen molar-refractivity contribution < 1.29 is 4.92 Å². The van der Waals surface area contributed by atoms with Crippen molar-refractivity contribution in [2.45, 2.75) is 53.0 Å². The topological polar surface area (TPSA) is 55.2 Å². The predicted octanol–water partition coefficient (Wildman–Crippen LogP) is 4.94. The van der Waals surface area contributed by atoms with E-state index in [2.05, 4.69) is 26.1 Å². The number of nitro groups is 1. The summed E-state index contributed by atoms with van der Waals surface area (Å²) in [5.41, 5.74) is 1.18. The van der Waals surface area contributed by atoms with Crippen LogP contribution in [0.1, 0.15) is 52.0 Å². The van der Waals surface area contributed by atoms with Gasteiger partial charge in [-0.1, -0.05) is 51.6 Å². The van der Waals surface area contributed by atoms with Crippen molar-refractivity contribution in [3.63, 3.8) is 0 Å². The Balaban J connectivity index is 2.46. The van der Waals surface area contributed by atoms with Crippen molar-refractivity contribution in [3.05, 3.63) is 38.9 Å². The van der Waals surface area contributed by atoms with Crippen molar-refractivity contribution in [2.24, 2.45) is 5.41 Å². The molecule has 0 bridgehead atoms. The van der Waals surface area contributed by atoms with Crippen molar-refractivity contribution in [2.75, 3.05) is 6.54 Å². The number of nitrogens with zero attached hydrogens (tertiary/aromatic N) is 1. The third-order valence-electron chi connectivity index (χ3n) is 3.62. The highest BCUT2D eigenvalue weighted by Gasteiger charge is 2.17. The Bertz CT molecular complexity index is 475. The summed E-state index contributed by atoms with van der Waals surface area (Å²) in [6, 6.07) is 4.62. The summed E-state index contributed by atoms with van der Waals surface area (Å²) >= 11 is 6.08. The second kappa shape index (κ2) is 8.35. The van der Waals surface area contributed by atoms with E-state index in [-0.39, 0.29) is 11.1 Å². The number of rotatable bonds is 9. The van der Waals surface area contributed by atoms with E-state index in [0.717, 1.165) is 12.1 Å². The smallest absolute Gasteiger partial charge is 0.270 e. The summed E-state index contributed by atoms with van der Waals surface area (Å²) in [4.78, 5) is 10.2. The Morgan fingerprint density at radius 1 is 1.33 bits per heavy atom. The van der Waals surface area contributed by atoms with Crippen LogP contribution in [0.2, 0.25) is 5.02 Å². The minimum Gasteiger partial charge on any atom is -0.312 e. The normalized spacial score (nSPS) is 11.6. The van der Waals surface area contributed by atoms with Crippen LogP contribution in [0.4, 0.5) is 5.69 Å². The van der Waals surface area contributed by atoms with Crippen LogP contribution in [-0.4, -0.2) is 11.5 Å². The number of non-ortho nitro benzene ring substituents is 1. The molecule has 4 nitrogen and oxygen atoms in total. The first-order valence-corrected chi connectivity index (χ1v) is 7.87. The van der Waals surface area contributed by atoms with Gasteiger partial charge in [0.25, 0.3) is 5.69 Å². The van der Waals surface area contributed by atoms with Crippen LogP contribution in [0, 0.1) is 15.5 Å². The fraction of sp³-hybridized carbons (Fsp3) is 0.625. The van der Waals surface area contributed by atoms with Gasteiger partial charge < -0.3 is 5.32 Å². The molecule has 5 heteroatoms. The van der Waals surface area contributed by atoms with Gasteiger partial charge in [0.2, 0.25) is 0 Å². The summed E-state index contributed by atoms with van der Waals surface area (Å²) in [6.07, 6.45) is 4.96. The van der Waals surface area contributed by atoms with E-state index in [1.54, 1.807) is 6.07 Å². The molecule has 0 aliphatic carbocycles. The van der Waals surface area contributed by atoms with Gasteiger partial charge >= 0.3 is 0 Å². The Morgan fingerprint density at radius 2 is 2.05 bits per heavy atom. The van der Waals surface area contributed by atoms with Crippen LogP contribution in [0.25, 0.3) is 0 Å². The number of nitro benzene ring substituents is 1. The molecule has 0 spiro atoms. The van der Waals surface area contributed by atoms with Gasteiger partial charge in [-0.25, -0.2) is 0 Å². The van der Waals surface area contributed by atoms with Gasteiger partial charge in [0.15, 0.2) is 0 Å². The van der Waals surface area contributed by atoms with Crippen LogP contribution in [0.5, 0.6) is 0 Å². The molecule has 0 aromatic heterocycles. The molecule has 0 saturated heterocycles. The molecule has 1 N–H and O–H groups in total. The first-order valence-electron chi connectivity index (χ1n) is 7.49. The monoisotopic (exact) mass is 312 g/mol. The van der Waals surface area contributed by atoms with E-state index >= 15 is 0 Å². The van der Waals surface area contributed by atoms with Crippen molar-refractivity contribution in [1.29, 1.82) is 0 Å². The molecule has 118 valence electrons. The lowest BCUT2D eigenvalue weighted by Crippen LogP contribution is -2.29. The highest BCUT2D eigenvalue weighted by molar-refractivity contribution is 6.31. The molecule has 0 aliphatic rings. The predicted molar refractivity (Wildman–Crippen MR) is 87.7 cm³/mol. The molecule has 21 heavy (non-hydrogen) atoms. The highest BCUT2D eigenvalue weighted by Crippen LogP contribution is 2.24. The van der Waals surface area contributed by atoms with E-state index < -0.39 is 4.92 Å². The third kappa shape index (κ3) is 6.44. The van der Waals surface area contributed by atoms with Crippen LogP contribution in [0.15, 0.2) is 18.2 Å². The van der Waals surface area contributed by atoms with E-state index in [9.17, 15) is 10.1 Å². The minimum atomic E-state index is -0.431. The summed E-state index contributed by atoms with van der Waals surface area (Å²) in [5, 5.41) is 14.5. The zero-order valence-electron chi connectivity index (χ0n) is 13.1. The van der Waals surface area contributed by atoms with Gasteiger partial charge in [-0.3, -0.25) is 10.1 Å². The van der Waals surface area contributed by atoms with Crippen LogP contribution in [0.3, 0.4) is 0 Å². The zero-order valence-corrected chi connectivity index (χ0v) is 13.9. The van der Waals surface area contributed by atoms with Gasteiger partial charge in [0.05, 0.1) is 9.95 Å². The lowest BCUT2D eigenvalue weighted by molar-refractivity contribution is -0.384. The Morgan fingerprint density at radius 3 is 2.62 bits per heavy atom. The number of hydrogen-bond donors (Lipinski definition) is 1. The largest absolute Gasteiger partial charge is 0.312 e. The average Bonchev–Trinajstić information content (AvgIpc) is 2.40. The zero-order chi connectivity index (χ0) is 15.9. The molecule has 0 fully saturated rings. The maximum Gasteiger partial charge on any atom is 0.270 e. The molecule has 0 unspecified atom stereocenters. The Kier molecular flexibility index (Phi) is 7.12. The van der Waals surface area contributed by atoms with Crippen LogP contribution in [-0.2, 0) is 6.54 Å². The van der Waals surface area contributed by atoms with E-state index in [4.69, 9.17) is 11.6 Å². The maximum atomic E-state index is 10.7. The van der Waals surface area contributed by atoms with E-state index in [0.29, 0.717) is 11.6 Å². The molecule has 0 saturated carbocycles. The number of halogens is 1. The molecular weight excluding hydrogens is 288 g/mol. The average molecular weight is 313 g/mol. The van der Waals surface area contributed by atoms with Crippen LogP contribution < -0.4 is 5.32 Å². The highest BCUT2D eigenvalue weighted by atomic mass is 35.5. The first-order chi connectivity index (χ1) is 9.85. The van der Waals surface area contributed by atoms with Gasteiger partial charge in [-0.05, 0) is 23.5 Å². The summed E-state index contributed by atoms with van der Waals surface area (Å²) in [6.45, 7) is 8.26. The maximum absolute atomic E-state index is 10.7. The Labute approximate surface area is 132 Å². The summed E-state index contributed by atoms with van der Waals surface area (Å²) < 4.78 is 0. The molecular formula is C16H25ClN2O2. The van der Waals surface area contributed by atoms with Gasteiger partial charge in [-0.2, -0.15) is 0 Å². The molecule has 1 rings (SSSR count). The van der Waals surface area contributed by atoms with Crippen LogP contribution >= 0.6 is 11.6 Å². The molecule has 1 aromatic carbocycles. The van der Waals surface area contributed by atoms with E-state index in [1.807, 2.05) is 0 Å². The minimum absolute atomic E-state index is 0.0312. The van der Waals surface area contributed by atoms with E-state index in [1.165, 1.54) is 37.8 Å². The molecule has 0 atom stereocenters. The number of hydrogen-bond acceptors (Lipinski definition) is 3.